The van der Waals surface area contributed by atoms with Crippen molar-refractivity contribution in [2.45, 2.75) is 18.4 Å². The Bertz CT molecular complexity index is 738. The highest BCUT2D eigenvalue weighted by Gasteiger charge is 2.40. The number of ether oxygens (including phenoxy) is 1. The van der Waals surface area contributed by atoms with Gasteiger partial charge in [0.1, 0.15) is 11.4 Å². The van der Waals surface area contributed by atoms with Gasteiger partial charge in [-0.15, -0.1) is 0 Å². The number of para-hydroxylation sites is 1. The van der Waals surface area contributed by atoms with E-state index < -0.39 is 5.60 Å². The second-order valence-electron chi connectivity index (χ2n) is 6.74. The monoisotopic (exact) mass is 357 g/mol. The van der Waals surface area contributed by atoms with E-state index in [1.807, 2.05) is 12.1 Å². The Kier molecular flexibility index (Phi) is 4.97. The predicted octanol–water partition coefficient (Wildman–Crippen LogP) is 0.814. The molecular weight excluding hydrogens is 334 g/mol. The van der Waals surface area contributed by atoms with Gasteiger partial charge < -0.3 is 19.9 Å². The number of likely N-dealkylation sites (N-methyl/N-ethyl adjacent to an activating group) is 1. The Hall–Kier alpha value is -2.83. The van der Waals surface area contributed by atoms with E-state index in [0.29, 0.717) is 43.8 Å². The van der Waals surface area contributed by atoms with Crippen LogP contribution in [-0.2, 0) is 9.59 Å². The maximum Gasteiger partial charge on any atom is 0.255 e. The molecule has 0 aromatic heterocycles. The first-order valence-electron chi connectivity index (χ1n) is 8.66. The van der Waals surface area contributed by atoms with E-state index in [0.717, 1.165) is 0 Å². The van der Waals surface area contributed by atoms with Crippen LogP contribution in [0.2, 0.25) is 0 Å². The second-order valence-corrected chi connectivity index (χ2v) is 6.74. The van der Waals surface area contributed by atoms with E-state index in [-0.39, 0.29) is 24.3 Å². The maximum absolute atomic E-state index is 12.4. The molecule has 0 atom stereocenters. The highest BCUT2D eigenvalue weighted by Crippen LogP contribution is 2.32. The number of carbonyl (C=O) groups excluding carboxylic acids is 3. The van der Waals surface area contributed by atoms with Crippen molar-refractivity contribution in [3.05, 3.63) is 42.5 Å². The largest absolute Gasteiger partial charge is 0.484 e. The lowest BCUT2D eigenvalue weighted by atomic mass is 9.91. The van der Waals surface area contributed by atoms with Crippen LogP contribution in [0.1, 0.15) is 23.2 Å². The molecule has 7 heteroatoms. The summed E-state index contributed by atoms with van der Waals surface area (Å²) >= 11 is 0. The minimum Gasteiger partial charge on any atom is -0.484 e. The number of nitrogens with one attached hydrogen (secondary N) is 1. The Balaban J connectivity index is 1.64. The van der Waals surface area contributed by atoms with Crippen molar-refractivity contribution in [1.29, 1.82) is 0 Å². The second kappa shape index (κ2) is 7.19. The topological polar surface area (TPSA) is 79.0 Å². The number of piperidine rings is 1. The third-order valence-corrected chi connectivity index (χ3v) is 4.98. The number of nitrogens with zero attached hydrogens (tertiary/aromatic N) is 2. The Morgan fingerprint density at radius 3 is 2.73 bits per heavy atom. The lowest BCUT2D eigenvalue weighted by Crippen LogP contribution is -2.55. The third-order valence-electron chi connectivity index (χ3n) is 4.98. The van der Waals surface area contributed by atoms with E-state index in [1.165, 1.54) is 11.0 Å². The van der Waals surface area contributed by atoms with Crippen LogP contribution in [-0.4, -0.2) is 66.3 Å². The molecule has 26 heavy (non-hydrogen) atoms. The molecule has 1 N–H and O–H groups in total. The molecule has 2 aliphatic rings. The van der Waals surface area contributed by atoms with Crippen LogP contribution < -0.4 is 10.1 Å². The molecule has 1 aromatic rings. The molecular formula is C19H23N3O4. The number of rotatable bonds is 3. The Labute approximate surface area is 152 Å². The normalized spacial score (nSPS) is 18.2. The molecule has 138 valence electrons. The molecule has 0 saturated carbocycles. The fraction of sp³-hybridized carbons (Fsp3) is 0.421. The molecule has 0 aliphatic carbocycles. The lowest BCUT2D eigenvalue weighted by molar-refractivity contribution is -0.139. The van der Waals surface area contributed by atoms with Gasteiger partial charge in [-0.3, -0.25) is 14.4 Å². The summed E-state index contributed by atoms with van der Waals surface area (Å²) in [5.74, 6) is 0.0630. The molecule has 3 amide bonds. The molecule has 1 fully saturated rings. The molecule has 1 saturated heterocycles. The van der Waals surface area contributed by atoms with E-state index in [4.69, 9.17) is 4.74 Å². The third kappa shape index (κ3) is 3.56. The average Bonchev–Trinajstić information content (AvgIpc) is 2.79. The average molecular weight is 357 g/mol. The van der Waals surface area contributed by atoms with Crippen molar-refractivity contribution < 1.29 is 19.1 Å². The number of amides is 3. The van der Waals surface area contributed by atoms with Crippen molar-refractivity contribution in [1.82, 2.24) is 15.1 Å². The van der Waals surface area contributed by atoms with Crippen LogP contribution in [0.4, 0.5) is 0 Å². The van der Waals surface area contributed by atoms with Crippen LogP contribution in [0.5, 0.6) is 5.75 Å². The van der Waals surface area contributed by atoms with Gasteiger partial charge in [-0.25, -0.2) is 0 Å². The van der Waals surface area contributed by atoms with E-state index in [1.54, 1.807) is 24.1 Å². The molecule has 0 unspecified atom stereocenters. The van der Waals surface area contributed by atoms with Crippen molar-refractivity contribution in [2.75, 3.05) is 33.2 Å². The number of benzene rings is 1. The smallest absolute Gasteiger partial charge is 0.255 e. The molecule has 0 bridgehead atoms. The number of fused-ring (bicyclic) bond motifs is 1. The van der Waals surface area contributed by atoms with Gasteiger partial charge in [-0.2, -0.15) is 0 Å². The standard InChI is InChI=1S/C19H23N3O4/c1-3-16(23)21(2)12-17(24)22-10-8-19(9-11-22)13-20-18(25)14-6-4-5-7-15(14)26-19/h3-7H,1,8-13H2,2H3,(H,20,25). The summed E-state index contributed by atoms with van der Waals surface area (Å²) in [7, 11) is 1.58. The van der Waals surface area contributed by atoms with E-state index in [2.05, 4.69) is 11.9 Å². The van der Waals surface area contributed by atoms with Crippen LogP contribution in [0, 0.1) is 0 Å². The number of carbonyl (C=O) groups is 3. The van der Waals surface area contributed by atoms with Crippen molar-refractivity contribution in [3.63, 3.8) is 0 Å². The van der Waals surface area contributed by atoms with Crippen molar-refractivity contribution in [3.8, 4) is 5.75 Å². The molecule has 1 spiro atoms. The van der Waals surface area contributed by atoms with Gasteiger partial charge in [0.15, 0.2) is 0 Å². The Morgan fingerprint density at radius 1 is 1.35 bits per heavy atom. The zero-order valence-electron chi connectivity index (χ0n) is 14.9. The molecule has 0 radical (unpaired) electrons. The highest BCUT2D eigenvalue weighted by molar-refractivity contribution is 5.97. The number of hydrogen-bond acceptors (Lipinski definition) is 4. The Morgan fingerprint density at radius 2 is 2.04 bits per heavy atom. The summed E-state index contributed by atoms with van der Waals surface area (Å²) in [5.41, 5.74) is 0.0226. The number of likely N-dealkylation sites (tertiary alicyclic amines) is 1. The van der Waals surface area contributed by atoms with E-state index in [9.17, 15) is 14.4 Å². The van der Waals surface area contributed by atoms with Crippen LogP contribution in [0.25, 0.3) is 0 Å². The summed E-state index contributed by atoms with van der Waals surface area (Å²) in [6.45, 7) is 4.91. The zero-order chi connectivity index (χ0) is 18.7. The summed E-state index contributed by atoms with van der Waals surface area (Å²) in [6, 6.07) is 7.20. The van der Waals surface area contributed by atoms with E-state index >= 15 is 0 Å². The maximum atomic E-state index is 12.4. The van der Waals surface area contributed by atoms with Crippen molar-refractivity contribution >= 4 is 17.7 Å². The van der Waals surface area contributed by atoms with Gasteiger partial charge in [-0.05, 0) is 18.2 Å². The highest BCUT2D eigenvalue weighted by atomic mass is 16.5. The minimum absolute atomic E-state index is 0.0261. The quantitative estimate of drug-likeness (QED) is 0.812. The molecule has 2 aliphatic heterocycles. The first kappa shape index (κ1) is 18.0. The molecule has 1 aromatic carbocycles. The molecule has 3 rings (SSSR count). The summed E-state index contributed by atoms with van der Waals surface area (Å²) in [5, 5.41) is 2.93. The van der Waals surface area contributed by atoms with Crippen molar-refractivity contribution in [2.24, 2.45) is 0 Å². The van der Waals surface area contributed by atoms with Crippen LogP contribution in [0.15, 0.2) is 36.9 Å². The van der Waals surface area contributed by atoms with Crippen LogP contribution >= 0.6 is 0 Å². The predicted molar refractivity (Wildman–Crippen MR) is 95.8 cm³/mol. The van der Waals surface area contributed by atoms with Gasteiger partial charge >= 0.3 is 0 Å². The fourth-order valence-corrected chi connectivity index (χ4v) is 3.33. The first-order chi connectivity index (χ1) is 12.4. The van der Waals surface area contributed by atoms with Gasteiger partial charge in [0, 0.05) is 33.0 Å². The number of hydrogen-bond donors (Lipinski definition) is 1. The molecule has 2 heterocycles. The van der Waals surface area contributed by atoms with Gasteiger partial charge in [0.2, 0.25) is 11.8 Å². The van der Waals surface area contributed by atoms with Crippen LogP contribution in [0.3, 0.4) is 0 Å². The lowest BCUT2D eigenvalue weighted by Gasteiger charge is -2.41. The molecule has 7 nitrogen and oxygen atoms in total. The SMILES string of the molecule is C=CC(=O)N(C)CC(=O)N1CCC2(CC1)CNC(=O)c1ccccc1O2. The zero-order valence-corrected chi connectivity index (χ0v) is 14.9. The van der Waals surface area contributed by atoms with Gasteiger partial charge in [0.05, 0.1) is 18.7 Å². The summed E-state index contributed by atoms with van der Waals surface area (Å²) in [6.07, 6.45) is 2.43. The fourth-order valence-electron chi connectivity index (χ4n) is 3.33. The minimum atomic E-state index is -0.512. The van der Waals surface area contributed by atoms with Gasteiger partial charge in [-0.1, -0.05) is 18.7 Å². The van der Waals surface area contributed by atoms with Gasteiger partial charge in [0.25, 0.3) is 5.91 Å². The first-order valence-corrected chi connectivity index (χ1v) is 8.66. The summed E-state index contributed by atoms with van der Waals surface area (Å²) < 4.78 is 6.22. The summed E-state index contributed by atoms with van der Waals surface area (Å²) in [4.78, 5) is 39.2.